The smallest absolute Gasteiger partial charge is 0.279 e. The molecular weight excluding hydrogens is 300 g/mol. The van der Waals surface area contributed by atoms with Gasteiger partial charge in [0.1, 0.15) is 5.82 Å². The van der Waals surface area contributed by atoms with Crippen LogP contribution in [0, 0.1) is 0 Å². The molecule has 0 spiro atoms. The molecule has 1 aliphatic rings. The van der Waals surface area contributed by atoms with E-state index in [0.717, 1.165) is 37.3 Å². The van der Waals surface area contributed by atoms with Gasteiger partial charge in [0.2, 0.25) is 0 Å². The van der Waals surface area contributed by atoms with Gasteiger partial charge in [0.05, 0.1) is 0 Å². The molecule has 1 aromatic rings. The summed E-state index contributed by atoms with van der Waals surface area (Å²) in [5.41, 5.74) is 0.871. The lowest BCUT2D eigenvalue weighted by Crippen LogP contribution is -2.38. The van der Waals surface area contributed by atoms with Crippen molar-refractivity contribution in [2.24, 2.45) is 0 Å². The fraction of sp³-hybridized carbons (Fsp3) is 0.667. The van der Waals surface area contributed by atoms with E-state index in [4.69, 9.17) is 0 Å². The highest BCUT2D eigenvalue weighted by Crippen LogP contribution is 2.17. The maximum Gasteiger partial charge on any atom is 0.279 e. The van der Waals surface area contributed by atoms with Gasteiger partial charge in [-0.25, -0.2) is 4.98 Å². The van der Waals surface area contributed by atoms with Crippen LogP contribution in [0.1, 0.15) is 38.2 Å². The lowest BCUT2D eigenvalue weighted by Gasteiger charge is -2.18. The second kappa shape index (κ2) is 7.89. The first-order valence-electron chi connectivity index (χ1n) is 7.93. The van der Waals surface area contributed by atoms with Crippen molar-refractivity contribution in [3.8, 4) is 0 Å². The Bertz CT molecular complexity index is 553. The molecule has 0 unspecified atom stereocenters. The van der Waals surface area contributed by atoms with Gasteiger partial charge in [-0.15, -0.1) is 0 Å². The number of rotatable bonds is 8. The summed E-state index contributed by atoms with van der Waals surface area (Å²) in [4.78, 5) is 6.69. The number of nitrogens with one attached hydrogen (secondary N) is 1. The normalized spacial score (nSPS) is 15.7. The number of hydrogen-bond acceptors (Lipinski definition) is 4. The van der Waals surface area contributed by atoms with Crippen molar-refractivity contribution in [2.45, 2.75) is 39.2 Å². The number of pyridine rings is 1. The SMILES string of the molecule is CCCCN(C)S(=O)(=O)NCc1ccc(N2CCCC2)nc1. The molecule has 1 aliphatic heterocycles. The van der Waals surface area contributed by atoms with Crippen molar-refractivity contribution < 1.29 is 8.42 Å². The van der Waals surface area contributed by atoms with E-state index in [0.29, 0.717) is 6.54 Å². The quantitative estimate of drug-likeness (QED) is 0.790. The molecule has 124 valence electrons. The molecule has 0 saturated carbocycles. The van der Waals surface area contributed by atoms with Crippen LogP contribution in [0.25, 0.3) is 0 Å². The summed E-state index contributed by atoms with van der Waals surface area (Å²) in [5, 5.41) is 0. The van der Waals surface area contributed by atoms with Crippen LogP contribution in [0.5, 0.6) is 0 Å². The number of anilines is 1. The van der Waals surface area contributed by atoms with Crippen LogP contribution in [0.4, 0.5) is 5.82 Å². The Labute approximate surface area is 133 Å². The molecule has 22 heavy (non-hydrogen) atoms. The second-order valence-corrected chi connectivity index (χ2v) is 7.58. The number of aromatic nitrogens is 1. The molecule has 0 radical (unpaired) electrons. The number of unbranched alkanes of at least 4 members (excludes halogenated alkanes) is 1. The standard InChI is InChI=1S/C15H26N4O2S/c1-3-4-9-18(2)22(20,21)17-13-14-7-8-15(16-12-14)19-10-5-6-11-19/h7-8,12,17H,3-6,9-11,13H2,1-2H3. The second-order valence-electron chi connectivity index (χ2n) is 5.72. The number of nitrogens with zero attached hydrogens (tertiary/aromatic N) is 3. The van der Waals surface area contributed by atoms with Gasteiger partial charge in [0.15, 0.2) is 0 Å². The minimum absolute atomic E-state index is 0.270. The number of hydrogen-bond donors (Lipinski definition) is 1. The molecule has 0 amide bonds. The molecule has 0 atom stereocenters. The topological polar surface area (TPSA) is 65.5 Å². The van der Waals surface area contributed by atoms with Gasteiger partial charge in [-0.05, 0) is 30.9 Å². The molecule has 7 heteroatoms. The van der Waals surface area contributed by atoms with Crippen molar-refractivity contribution in [3.63, 3.8) is 0 Å². The Balaban J connectivity index is 1.88. The summed E-state index contributed by atoms with van der Waals surface area (Å²) >= 11 is 0. The Hall–Kier alpha value is -1.18. The third kappa shape index (κ3) is 4.66. The summed E-state index contributed by atoms with van der Waals surface area (Å²) in [7, 11) is -1.81. The molecule has 2 heterocycles. The summed E-state index contributed by atoms with van der Waals surface area (Å²) in [5.74, 6) is 0.976. The Morgan fingerprint density at radius 2 is 2.05 bits per heavy atom. The molecule has 0 aromatic carbocycles. The highest BCUT2D eigenvalue weighted by Gasteiger charge is 2.17. The zero-order chi connectivity index (χ0) is 16.0. The van der Waals surface area contributed by atoms with E-state index in [9.17, 15) is 8.42 Å². The molecule has 2 rings (SSSR count). The first kappa shape index (κ1) is 17.2. The van der Waals surface area contributed by atoms with Gasteiger partial charge in [-0.1, -0.05) is 19.4 Å². The van der Waals surface area contributed by atoms with Gasteiger partial charge in [0.25, 0.3) is 10.2 Å². The zero-order valence-corrected chi connectivity index (χ0v) is 14.3. The van der Waals surface area contributed by atoms with Gasteiger partial charge in [-0.3, -0.25) is 0 Å². The average Bonchev–Trinajstić information content (AvgIpc) is 3.05. The maximum atomic E-state index is 12.1. The van der Waals surface area contributed by atoms with Crippen LogP contribution in [0.2, 0.25) is 0 Å². The molecule has 6 nitrogen and oxygen atoms in total. The van der Waals surface area contributed by atoms with E-state index in [1.54, 1.807) is 13.2 Å². The molecule has 1 N–H and O–H groups in total. The Morgan fingerprint density at radius 1 is 1.32 bits per heavy atom. The third-order valence-corrected chi connectivity index (χ3v) is 5.45. The Morgan fingerprint density at radius 3 is 2.64 bits per heavy atom. The van der Waals surface area contributed by atoms with E-state index in [-0.39, 0.29) is 6.54 Å². The highest BCUT2D eigenvalue weighted by atomic mass is 32.2. The van der Waals surface area contributed by atoms with Crippen LogP contribution in [0.3, 0.4) is 0 Å². The van der Waals surface area contributed by atoms with Crippen molar-refractivity contribution in [3.05, 3.63) is 23.9 Å². The van der Waals surface area contributed by atoms with Crippen molar-refractivity contribution >= 4 is 16.0 Å². The van der Waals surface area contributed by atoms with Gasteiger partial charge in [-0.2, -0.15) is 17.4 Å². The minimum Gasteiger partial charge on any atom is -0.357 e. The highest BCUT2D eigenvalue weighted by molar-refractivity contribution is 7.87. The summed E-state index contributed by atoms with van der Waals surface area (Å²) in [6.07, 6.45) is 6.02. The predicted octanol–water partition coefficient (Wildman–Crippen LogP) is 1.75. The minimum atomic E-state index is -3.41. The van der Waals surface area contributed by atoms with Crippen molar-refractivity contribution in [1.29, 1.82) is 0 Å². The van der Waals surface area contributed by atoms with E-state index < -0.39 is 10.2 Å². The summed E-state index contributed by atoms with van der Waals surface area (Å²) < 4.78 is 28.1. The lowest BCUT2D eigenvalue weighted by molar-refractivity contribution is 0.448. The van der Waals surface area contributed by atoms with Crippen molar-refractivity contribution in [1.82, 2.24) is 14.0 Å². The van der Waals surface area contributed by atoms with E-state index in [1.807, 2.05) is 19.1 Å². The van der Waals surface area contributed by atoms with E-state index in [1.165, 1.54) is 17.1 Å². The molecule has 1 fully saturated rings. The Kier molecular flexibility index (Phi) is 6.16. The first-order valence-corrected chi connectivity index (χ1v) is 9.37. The molecule has 0 bridgehead atoms. The molecule has 1 aromatic heterocycles. The maximum absolute atomic E-state index is 12.1. The van der Waals surface area contributed by atoms with Crippen molar-refractivity contribution in [2.75, 3.05) is 31.6 Å². The van der Waals surface area contributed by atoms with Crippen LogP contribution >= 0.6 is 0 Å². The molecular formula is C15H26N4O2S. The fourth-order valence-corrected chi connectivity index (χ4v) is 3.38. The first-order chi connectivity index (χ1) is 10.5. The van der Waals surface area contributed by atoms with Crippen LogP contribution in [0.15, 0.2) is 18.3 Å². The molecule has 1 saturated heterocycles. The van der Waals surface area contributed by atoms with Gasteiger partial charge < -0.3 is 4.90 Å². The summed E-state index contributed by atoms with van der Waals surface area (Å²) in [6, 6.07) is 3.91. The zero-order valence-electron chi connectivity index (χ0n) is 13.5. The van der Waals surface area contributed by atoms with E-state index in [2.05, 4.69) is 14.6 Å². The summed E-state index contributed by atoms with van der Waals surface area (Å²) in [6.45, 7) is 4.97. The lowest BCUT2D eigenvalue weighted by atomic mass is 10.3. The van der Waals surface area contributed by atoms with Crippen LogP contribution < -0.4 is 9.62 Å². The monoisotopic (exact) mass is 326 g/mol. The average molecular weight is 326 g/mol. The van der Waals surface area contributed by atoms with Gasteiger partial charge in [0, 0.05) is 39.4 Å². The predicted molar refractivity (Wildman–Crippen MR) is 89.0 cm³/mol. The van der Waals surface area contributed by atoms with E-state index >= 15 is 0 Å². The largest absolute Gasteiger partial charge is 0.357 e. The third-order valence-electron chi connectivity index (χ3n) is 3.93. The fourth-order valence-electron chi connectivity index (χ4n) is 2.44. The van der Waals surface area contributed by atoms with Crippen LogP contribution in [-0.4, -0.2) is 44.4 Å². The molecule has 0 aliphatic carbocycles. The van der Waals surface area contributed by atoms with Gasteiger partial charge >= 0.3 is 0 Å². The van der Waals surface area contributed by atoms with Crippen LogP contribution in [-0.2, 0) is 16.8 Å².